The molecule has 9 heteroatoms. The Morgan fingerprint density at radius 1 is 1.48 bits per heavy atom. The van der Waals surface area contributed by atoms with Gasteiger partial charge in [0.2, 0.25) is 0 Å². The van der Waals surface area contributed by atoms with E-state index < -0.39 is 24.0 Å². The minimum atomic E-state index is -1.36. The van der Waals surface area contributed by atoms with Crippen molar-refractivity contribution < 1.29 is 14.7 Å². The van der Waals surface area contributed by atoms with Crippen molar-refractivity contribution in [3.05, 3.63) is 16.6 Å². The number of nitrogens with one attached hydrogen (secondary N) is 2. The Hall–Kier alpha value is -1.16. The van der Waals surface area contributed by atoms with Gasteiger partial charge in [0, 0.05) is 6.04 Å². The summed E-state index contributed by atoms with van der Waals surface area (Å²) in [6.07, 6.45) is 0.539. The van der Waals surface area contributed by atoms with Gasteiger partial charge >= 0.3 is 0 Å². The van der Waals surface area contributed by atoms with Crippen molar-refractivity contribution in [1.29, 1.82) is 0 Å². The number of amides is 2. The van der Waals surface area contributed by atoms with Crippen LogP contribution in [-0.2, 0) is 4.79 Å². The van der Waals surface area contributed by atoms with Gasteiger partial charge < -0.3 is 10.8 Å². The monoisotopic (exact) mass is 332 g/mol. The Balaban J connectivity index is 2.31. The highest BCUT2D eigenvalue weighted by atomic mass is 32.2. The van der Waals surface area contributed by atoms with Gasteiger partial charge in [0.25, 0.3) is 11.8 Å². The van der Waals surface area contributed by atoms with E-state index in [1.807, 2.05) is 0 Å². The molecular formula is C12H20N4O3S2. The average molecular weight is 332 g/mol. The first-order valence-electron chi connectivity index (χ1n) is 6.45. The molecule has 1 aromatic rings. The molecule has 0 aliphatic heterocycles. The van der Waals surface area contributed by atoms with Crippen LogP contribution in [-0.4, -0.2) is 45.1 Å². The molecule has 1 unspecified atom stereocenters. The molecule has 2 amide bonds. The molecule has 0 saturated carbocycles. The SMILES string of the molecule is CC(C)SCC[C@@H](N)C(O)C(=O)NNC(=O)c1cncs1. The molecule has 0 aliphatic rings. The highest BCUT2D eigenvalue weighted by Crippen LogP contribution is 2.12. The molecule has 21 heavy (non-hydrogen) atoms. The third kappa shape index (κ3) is 6.42. The van der Waals surface area contributed by atoms with Crippen molar-refractivity contribution in [1.82, 2.24) is 15.8 Å². The molecule has 2 atom stereocenters. The summed E-state index contributed by atoms with van der Waals surface area (Å²) in [7, 11) is 0. The van der Waals surface area contributed by atoms with E-state index >= 15 is 0 Å². The van der Waals surface area contributed by atoms with Crippen LogP contribution >= 0.6 is 23.1 Å². The number of aliphatic hydroxyl groups excluding tert-OH is 1. The first-order valence-corrected chi connectivity index (χ1v) is 8.38. The van der Waals surface area contributed by atoms with Gasteiger partial charge in [0.1, 0.15) is 11.0 Å². The Morgan fingerprint density at radius 3 is 2.76 bits per heavy atom. The number of aromatic nitrogens is 1. The smallest absolute Gasteiger partial charge is 0.281 e. The molecule has 0 radical (unpaired) electrons. The highest BCUT2D eigenvalue weighted by Gasteiger charge is 2.23. The van der Waals surface area contributed by atoms with E-state index in [0.29, 0.717) is 16.5 Å². The average Bonchev–Trinajstić information content (AvgIpc) is 2.97. The second-order valence-corrected chi connectivity index (χ2v) is 7.20. The predicted octanol–water partition coefficient (Wildman–Crippen LogP) is 0.124. The summed E-state index contributed by atoms with van der Waals surface area (Å²) in [4.78, 5) is 27.4. The lowest BCUT2D eigenvalue weighted by molar-refractivity contribution is -0.131. The van der Waals surface area contributed by atoms with Gasteiger partial charge in [0.15, 0.2) is 0 Å². The molecule has 0 aliphatic carbocycles. The summed E-state index contributed by atoms with van der Waals surface area (Å²) in [5.74, 6) is -0.451. The Kier molecular flexibility index (Phi) is 7.65. The maximum absolute atomic E-state index is 11.7. The molecule has 0 aromatic carbocycles. The van der Waals surface area contributed by atoms with Crippen LogP contribution in [0.1, 0.15) is 29.9 Å². The van der Waals surface area contributed by atoms with Crippen molar-refractivity contribution >= 4 is 34.9 Å². The molecule has 118 valence electrons. The van der Waals surface area contributed by atoms with Gasteiger partial charge in [0.05, 0.1) is 11.7 Å². The molecule has 0 bridgehead atoms. The summed E-state index contributed by atoms with van der Waals surface area (Å²) < 4.78 is 0. The maximum atomic E-state index is 11.7. The van der Waals surface area contributed by atoms with E-state index in [2.05, 4.69) is 29.7 Å². The first-order chi connectivity index (χ1) is 9.91. The van der Waals surface area contributed by atoms with E-state index in [0.717, 1.165) is 17.1 Å². The second-order valence-electron chi connectivity index (χ2n) is 4.63. The van der Waals surface area contributed by atoms with E-state index in [4.69, 9.17) is 5.73 Å². The van der Waals surface area contributed by atoms with Crippen LogP contribution in [0.25, 0.3) is 0 Å². The third-order valence-corrected chi connectivity index (χ3v) is 4.44. The summed E-state index contributed by atoms with van der Waals surface area (Å²) in [5.41, 5.74) is 11.6. The second kappa shape index (κ2) is 8.98. The quantitative estimate of drug-likeness (QED) is 0.527. The fourth-order valence-electron chi connectivity index (χ4n) is 1.37. The lowest BCUT2D eigenvalue weighted by atomic mass is 10.1. The van der Waals surface area contributed by atoms with Gasteiger partial charge in [-0.05, 0) is 17.4 Å². The number of hydrogen-bond acceptors (Lipinski definition) is 7. The number of thioether (sulfide) groups is 1. The fourth-order valence-corrected chi connectivity index (χ4v) is 2.77. The fraction of sp³-hybridized carbons (Fsp3) is 0.583. The maximum Gasteiger partial charge on any atom is 0.281 e. The van der Waals surface area contributed by atoms with Gasteiger partial charge in [-0.25, -0.2) is 0 Å². The minimum Gasteiger partial charge on any atom is -0.382 e. The van der Waals surface area contributed by atoms with Crippen LogP contribution < -0.4 is 16.6 Å². The van der Waals surface area contributed by atoms with E-state index in [1.165, 1.54) is 11.7 Å². The lowest BCUT2D eigenvalue weighted by Gasteiger charge is -2.18. The normalized spacial score (nSPS) is 13.8. The number of nitrogens with zero attached hydrogens (tertiary/aromatic N) is 1. The van der Waals surface area contributed by atoms with Crippen LogP contribution in [0, 0.1) is 0 Å². The molecule has 1 heterocycles. The standard InChI is InChI=1S/C12H20N4O3S2/c1-7(2)20-4-3-8(13)10(17)12(19)16-15-11(18)9-5-14-6-21-9/h5-8,10,17H,3-4,13H2,1-2H3,(H,15,18)(H,16,19)/t8-,10?/m1/s1. The molecule has 1 rings (SSSR count). The number of hydrogen-bond donors (Lipinski definition) is 4. The molecule has 1 aromatic heterocycles. The van der Waals surface area contributed by atoms with E-state index in [-0.39, 0.29) is 0 Å². The molecule has 5 N–H and O–H groups in total. The van der Waals surface area contributed by atoms with Gasteiger partial charge in [-0.3, -0.25) is 25.4 Å². The number of nitrogens with two attached hydrogens (primary N) is 1. The molecule has 0 spiro atoms. The van der Waals surface area contributed by atoms with Crippen molar-refractivity contribution in [2.24, 2.45) is 5.73 Å². The zero-order valence-corrected chi connectivity index (χ0v) is 13.5. The largest absolute Gasteiger partial charge is 0.382 e. The lowest BCUT2D eigenvalue weighted by Crippen LogP contribution is -2.52. The molecular weight excluding hydrogens is 312 g/mol. The summed E-state index contributed by atoms with van der Waals surface area (Å²) in [5, 5.41) is 10.3. The zero-order valence-electron chi connectivity index (χ0n) is 11.9. The van der Waals surface area contributed by atoms with E-state index in [1.54, 1.807) is 11.8 Å². The number of thiazole rings is 1. The van der Waals surface area contributed by atoms with Crippen LogP contribution in [0.3, 0.4) is 0 Å². The Morgan fingerprint density at radius 2 is 2.19 bits per heavy atom. The van der Waals surface area contributed by atoms with Crippen molar-refractivity contribution in [2.75, 3.05) is 5.75 Å². The van der Waals surface area contributed by atoms with Crippen LogP contribution in [0.4, 0.5) is 0 Å². The number of carbonyl (C=O) groups is 2. The summed E-state index contributed by atoms with van der Waals surface area (Å²) in [6.45, 7) is 4.13. The van der Waals surface area contributed by atoms with Crippen LogP contribution in [0.2, 0.25) is 0 Å². The van der Waals surface area contributed by atoms with Crippen molar-refractivity contribution in [2.45, 2.75) is 37.7 Å². The number of rotatable bonds is 7. The van der Waals surface area contributed by atoms with Crippen LogP contribution in [0.15, 0.2) is 11.7 Å². The van der Waals surface area contributed by atoms with Crippen molar-refractivity contribution in [3.63, 3.8) is 0 Å². The Bertz CT molecular complexity index is 453. The van der Waals surface area contributed by atoms with Crippen LogP contribution in [0.5, 0.6) is 0 Å². The molecule has 0 fully saturated rings. The molecule has 7 nitrogen and oxygen atoms in total. The van der Waals surface area contributed by atoms with Gasteiger partial charge in [-0.15, -0.1) is 11.3 Å². The minimum absolute atomic E-state index is 0.363. The van der Waals surface area contributed by atoms with Crippen molar-refractivity contribution in [3.8, 4) is 0 Å². The van der Waals surface area contributed by atoms with E-state index in [9.17, 15) is 14.7 Å². The Labute approximate surface area is 131 Å². The van der Waals surface area contributed by atoms with Gasteiger partial charge in [-0.1, -0.05) is 13.8 Å². The zero-order chi connectivity index (χ0) is 15.8. The first kappa shape index (κ1) is 17.9. The third-order valence-electron chi connectivity index (χ3n) is 2.53. The number of aliphatic hydroxyl groups is 1. The predicted molar refractivity (Wildman–Crippen MR) is 83.9 cm³/mol. The topological polar surface area (TPSA) is 117 Å². The number of hydrazine groups is 1. The summed E-state index contributed by atoms with van der Waals surface area (Å²) in [6, 6.07) is -0.670. The number of carbonyl (C=O) groups excluding carboxylic acids is 2. The summed E-state index contributed by atoms with van der Waals surface area (Å²) >= 11 is 2.85. The highest BCUT2D eigenvalue weighted by molar-refractivity contribution is 7.99. The molecule has 0 saturated heterocycles. The van der Waals surface area contributed by atoms with Gasteiger partial charge in [-0.2, -0.15) is 11.8 Å².